The molecule has 0 aliphatic carbocycles. The Morgan fingerprint density at radius 3 is 2.85 bits per heavy atom. The summed E-state index contributed by atoms with van der Waals surface area (Å²) in [5.74, 6) is 1.37. The van der Waals surface area contributed by atoms with Crippen molar-refractivity contribution in [3.63, 3.8) is 0 Å². The van der Waals surface area contributed by atoms with Gasteiger partial charge in [0.2, 0.25) is 11.9 Å². The highest BCUT2D eigenvalue weighted by Gasteiger charge is 2.08. The number of hydrogen-bond donors (Lipinski definition) is 2. The van der Waals surface area contributed by atoms with Gasteiger partial charge in [-0.1, -0.05) is 6.07 Å². The van der Waals surface area contributed by atoms with Crippen LogP contribution in [0.3, 0.4) is 0 Å². The molecule has 20 heavy (non-hydrogen) atoms. The maximum absolute atomic E-state index is 4.32. The monoisotopic (exact) mass is 288 g/mol. The second kappa shape index (κ2) is 5.61. The van der Waals surface area contributed by atoms with E-state index in [4.69, 9.17) is 0 Å². The van der Waals surface area contributed by atoms with Gasteiger partial charge >= 0.3 is 0 Å². The smallest absolute Gasteiger partial charge is 0.258 e. The van der Waals surface area contributed by atoms with Gasteiger partial charge in [0.15, 0.2) is 0 Å². The van der Waals surface area contributed by atoms with E-state index in [0.29, 0.717) is 24.4 Å². The standard InChI is InChI=1S/C11H12N8S/c1-12-9-16-10(14-5-8-3-2-4-20-8)18-11(17-9)19-7-13-6-15-19/h2-4,6-7H,5H2,1H3,(H2,12,14,16,17,18). The fourth-order valence-electron chi connectivity index (χ4n) is 1.55. The minimum Gasteiger partial charge on any atom is -0.357 e. The molecule has 0 saturated carbocycles. The van der Waals surface area contributed by atoms with Crippen molar-refractivity contribution in [1.29, 1.82) is 0 Å². The zero-order valence-corrected chi connectivity index (χ0v) is 11.5. The van der Waals surface area contributed by atoms with Crippen LogP contribution in [0.15, 0.2) is 30.2 Å². The van der Waals surface area contributed by atoms with E-state index < -0.39 is 0 Å². The Morgan fingerprint density at radius 1 is 1.25 bits per heavy atom. The second-order valence-electron chi connectivity index (χ2n) is 3.81. The molecule has 0 aromatic carbocycles. The Kier molecular flexibility index (Phi) is 3.50. The Morgan fingerprint density at radius 2 is 2.15 bits per heavy atom. The molecule has 0 bridgehead atoms. The molecule has 0 fully saturated rings. The van der Waals surface area contributed by atoms with Gasteiger partial charge in [-0.05, 0) is 11.4 Å². The molecule has 0 atom stereocenters. The van der Waals surface area contributed by atoms with E-state index in [1.165, 1.54) is 22.2 Å². The van der Waals surface area contributed by atoms with E-state index in [1.54, 1.807) is 18.4 Å². The lowest BCUT2D eigenvalue weighted by Crippen LogP contribution is -2.11. The van der Waals surface area contributed by atoms with Crippen LogP contribution >= 0.6 is 11.3 Å². The van der Waals surface area contributed by atoms with Gasteiger partial charge in [-0.2, -0.15) is 24.7 Å². The third kappa shape index (κ3) is 2.72. The van der Waals surface area contributed by atoms with Crippen LogP contribution in [-0.2, 0) is 6.54 Å². The molecule has 0 aliphatic rings. The lowest BCUT2D eigenvalue weighted by molar-refractivity contribution is 0.795. The summed E-state index contributed by atoms with van der Waals surface area (Å²) in [4.78, 5) is 17.9. The number of nitrogens with zero attached hydrogens (tertiary/aromatic N) is 6. The van der Waals surface area contributed by atoms with Crippen LogP contribution < -0.4 is 10.6 Å². The van der Waals surface area contributed by atoms with Gasteiger partial charge in [-0.25, -0.2) is 4.98 Å². The van der Waals surface area contributed by atoms with E-state index in [0.717, 1.165) is 0 Å². The molecular weight excluding hydrogens is 276 g/mol. The Balaban J connectivity index is 1.84. The van der Waals surface area contributed by atoms with Crippen molar-refractivity contribution in [2.24, 2.45) is 0 Å². The SMILES string of the molecule is CNc1nc(NCc2cccs2)nc(-n2cncn2)n1. The van der Waals surface area contributed by atoms with E-state index in [9.17, 15) is 0 Å². The number of hydrogen-bond acceptors (Lipinski definition) is 8. The molecule has 3 aromatic heterocycles. The van der Waals surface area contributed by atoms with E-state index >= 15 is 0 Å². The van der Waals surface area contributed by atoms with Crippen molar-refractivity contribution in [2.45, 2.75) is 6.54 Å². The average molecular weight is 288 g/mol. The molecule has 0 aliphatic heterocycles. The van der Waals surface area contributed by atoms with Crippen LogP contribution in [0.25, 0.3) is 5.95 Å². The molecule has 0 spiro atoms. The van der Waals surface area contributed by atoms with E-state index in [2.05, 4.69) is 41.7 Å². The van der Waals surface area contributed by atoms with Crippen molar-refractivity contribution in [3.05, 3.63) is 35.0 Å². The quantitative estimate of drug-likeness (QED) is 0.727. The lowest BCUT2D eigenvalue weighted by Gasteiger charge is -2.07. The van der Waals surface area contributed by atoms with Gasteiger partial charge in [-0.3, -0.25) is 0 Å². The van der Waals surface area contributed by atoms with Crippen LogP contribution in [0, 0.1) is 0 Å². The van der Waals surface area contributed by atoms with Crippen molar-refractivity contribution in [3.8, 4) is 5.95 Å². The van der Waals surface area contributed by atoms with E-state index in [1.807, 2.05) is 11.4 Å². The Hall–Kier alpha value is -2.55. The molecule has 3 heterocycles. The summed E-state index contributed by atoms with van der Waals surface area (Å²) in [6, 6.07) is 4.06. The molecule has 9 heteroatoms. The molecule has 0 unspecified atom stereocenters. The summed E-state index contributed by atoms with van der Waals surface area (Å²) >= 11 is 1.68. The molecule has 0 saturated heterocycles. The van der Waals surface area contributed by atoms with Crippen molar-refractivity contribution in [2.75, 3.05) is 17.7 Å². The number of rotatable bonds is 5. The van der Waals surface area contributed by atoms with Crippen LogP contribution in [0.1, 0.15) is 4.88 Å². The summed E-state index contributed by atoms with van der Waals surface area (Å²) in [6.07, 6.45) is 2.97. The molecule has 3 aromatic rings. The summed E-state index contributed by atoms with van der Waals surface area (Å²) in [5, 5.41) is 12.1. The van der Waals surface area contributed by atoms with E-state index in [-0.39, 0.29) is 0 Å². The van der Waals surface area contributed by atoms with Crippen LogP contribution in [0.5, 0.6) is 0 Å². The number of thiophene rings is 1. The maximum Gasteiger partial charge on any atom is 0.258 e. The number of aromatic nitrogens is 6. The van der Waals surface area contributed by atoms with Crippen molar-refractivity contribution < 1.29 is 0 Å². The highest BCUT2D eigenvalue weighted by molar-refractivity contribution is 7.09. The lowest BCUT2D eigenvalue weighted by atomic mass is 10.5. The topological polar surface area (TPSA) is 93.4 Å². The largest absolute Gasteiger partial charge is 0.357 e. The van der Waals surface area contributed by atoms with Gasteiger partial charge in [0.05, 0.1) is 6.54 Å². The molecule has 0 radical (unpaired) electrons. The van der Waals surface area contributed by atoms with Gasteiger partial charge in [0.1, 0.15) is 12.7 Å². The van der Waals surface area contributed by atoms with Crippen molar-refractivity contribution >= 4 is 23.2 Å². The first-order valence-corrected chi connectivity index (χ1v) is 6.78. The molecule has 102 valence electrons. The first kappa shape index (κ1) is 12.5. The van der Waals surface area contributed by atoms with Crippen LogP contribution in [0.2, 0.25) is 0 Å². The molecule has 0 amide bonds. The zero-order valence-electron chi connectivity index (χ0n) is 10.7. The van der Waals surface area contributed by atoms with Gasteiger partial charge in [0, 0.05) is 11.9 Å². The predicted molar refractivity (Wildman–Crippen MR) is 75.9 cm³/mol. The summed E-state index contributed by atoms with van der Waals surface area (Å²) < 4.78 is 1.48. The molecule has 2 N–H and O–H groups in total. The highest BCUT2D eigenvalue weighted by atomic mass is 32.1. The Bertz CT molecular complexity index is 664. The maximum atomic E-state index is 4.32. The third-order valence-electron chi connectivity index (χ3n) is 2.47. The predicted octanol–water partition coefficient (Wildman–Crippen LogP) is 1.17. The number of nitrogens with one attached hydrogen (secondary N) is 2. The third-order valence-corrected chi connectivity index (χ3v) is 3.35. The average Bonchev–Trinajstić information content (AvgIpc) is 3.17. The summed E-state index contributed by atoms with van der Waals surface area (Å²) in [5.41, 5.74) is 0. The number of anilines is 2. The molecule has 8 nitrogen and oxygen atoms in total. The minimum atomic E-state index is 0.413. The summed E-state index contributed by atoms with van der Waals surface area (Å²) in [7, 11) is 1.75. The normalized spacial score (nSPS) is 10.4. The van der Waals surface area contributed by atoms with Crippen LogP contribution in [-0.4, -0.2) is 36.8 Å². The fourth-order valence-corrected chi connectivity index (χ4v) is 2.19. The molecular formula is C11H12N8S. The second-order valence-corrected chi connectivity index (χ2v) is 4.84. The molecule has 3 rings (SSSR count). The van der Waals surface area contributed by atoms with Crippen molar-refractivity contribution in [1.82, 2.24) is 29.7 Å². The first-order chi connectivity index (χ1) is 9.85. The van der Waals surface area contributed by atoms with Gasteiger partial charge < -0.3 is 10.6 Å². The van der Waals surface area contributed by atoms with Gasteiger partial charge in [-0.15, -0.1) is 11.3 Å². The zero-order chi connectivity index (χ0) is 13.8. The van der Waals surface area contributed by atoms with Crippen LogP contribution in [0.4, 0.5) is 11.9 Å². The summed E-state index contributed by atoms with van der Waals surface area (Å²) in [6.45, 7) is 0.668. The van der Waals surface area contributed by atoms with Gasteiger partial charge in [0.25, 0.3) is 5.95 Å². The Labute approximate surface area is 119 Å². The minimum absolute atomic E-state index is 0.413. The fraction of sp³-hybridized carbons (Fsp3) is 0.182. The highest BCUT2D eigenvalue weighted by Crippen LogP contribution is 2.12. The first-order valence-electron chi connectivity index (χ1n) is 5.90.